The molecule has 5 heteroatoms. The highest BCUT2D eigenvalue weighted by Gasteiger charge is 2.23. The fourth-order valence-electron chi connectivity index (χ4n) is 3.54. The van der Waals surface area contributed by atoms with Gasteiger partial charge in [-0.3, -0.25) is 14.9 Å². The first-order chi connectivity index (χ1) is 14.2. The zero-order valence-corrected chi connectivity index (χ0v) is 15.8. The van der Waals surface area contributed by atoms with Gasteiger partial charge in [0.25, 0.3) is 5.91 Å². The van der Waals surface area contributed by atoms with Crippen LogP contribution >= 0.6 is 0 Å². The molecule has 2 aromatic heterocycles. The van der Waals surface area contributed by atoms with E-state index in [1.807, 2.05) is 79.9 Å². The average molecular weight is 378 g/mol. The second-order valence-electron chi connectivity index (χ2n) is 7.09. The van der Waals surface area contributed by atoms with E-state index in [9.17, 15) is 4.79 Å². The van der Waals surface area contributed by atoms with Crippen LogP contribution in [0.4, 0.5) is 5.69 Å². The van der Waals surface area contributed by atoms with Crippen molar-refractivity contribution in [2.45, 2.75) is 6.92 Å². The predicted octanol–water partition coefficient (Wildman–Crippen LogP) is 4.93. The number of aryl methyl sites for hydroxylation is 1. The van der Waals surface area contributed by atoms with E-state index in [-0.39, 0.29) is 5.91 Å². The summed E-state index contributed by atoms with van der Waals surface area (Å²) in [7, 11) is 0. The summed E-state index contributed by atoms with van der Waals surface area (Å²) in [5.41, 5.74) is 7.36. The number of rotatable bonds is 3. The van der Waals surface area contributed by atoms with Crippen molar-refractivity contribution in [3.05, 3.63) is 88.9 Å². The van der Waals surface area contributed by atoms with Gasteiger partial charge in [0.1, 0.15) is 0 Å². The van der Waals surface area contributed by atoms with Crippen molar-refractivity contribution in [2.24, 2.45) is 0 Å². The maximum atomic E-state index is 12.4. The number of pyridine rings is 1. The number of carbonyl (C=O) groups excluding carboxylic acids is 1. The quantitative estimate of drug-likeness (QED) is 0.497. The van der Waals surface area contributed by atoms with Crippen molar-refractivity contribution in [1.29, 1.82) is 0 Å². The van der Waals surface area contributed by atoms with Crippen molar-refractivity contribution in [3.63, 3.8) is 0 Å². The Labute approximate surface area is 167 Å². The first-order valence-electron chi connectivity index (χ1n) is 9.38. The molecule has 0 saturated heterocycles. The van der Waals surface area contributed by atoms with Gasteiger partial charge in [-0.15, -0.1) is 0 Å². The molecule has 1 amide bonds. The molecular formula is C24H18N4O. The molecule has 0 saturated carbocycles. The lowest BCUT2D eigenvalue weighted by molar-refractivity contribution is -0.110. The molecule has 0 fully saturated rings. The van der Waals surface area contributed by atoms with E-state index in [1.54, 1.807) is 6.20 Å². The first kappa shape index (κ1) is 17.1. The van der Waals surface area contributed by atoms with Gasteiger partial charge >= 0.3 is 0 Å². The summed E-state index contributed by atoms with van der Waals surface area (Å²) in [4.78, 5) is 16.5. The highest BCUT2D eigenvalue weighted by atomic mass is 16.2. The van der Waals surface area contributed by atoms with Crippen LogP contribution in [0.5, 0.6) is 0 Å². The van der Waals surface area contributed by atoms with Crippen LogP contribution in [0.1, 0.15) is 27.9 Å². The van der Waals surface area contributed by atoms with Crippen LogP contribution in [0.3, 0.4) is 0 Å². The van der Waals surface area contributed by atoms with Gasteiger partial charge in [0.2, 0.25) is 0 Å². The van der Waals surface area contributed by atoms with Crippen LogP contribution in [0.2, 0.25) is 0 Å². The summed E-state index contributed by atoms with van der Waals surface area (Å²) in [5.74, 6) is -0.0737. The van der Waals surface area contributed by atoms with Crippen molar-refractivity contribution in [3.8, 4) is 0 Å². The topological polar surface area (TPSA) is 70.7 Å². The van der Waals surface area contributed by atoms with E-state index in [2.05, 4.69) is 20.5 Å². The molecule has 2 aromatic carbocycles. The van der Waals surface area contributed by atoms with Crippen LogP contribution in [0.15, 0.2) is 60.9 Å². The molecule has 0 bridgehead atoms. The molecule has 140 valence electrons. The van der Waals surface area contributed by atoms with Gasteiger partial charge in [0, 0.05) is 34.6 Å². The molecule has 0 atom stereocenters. The molecule has 3 heterocycles. The summed E-state index contributed by atoms with van der Waals surface area (Å²) < 4.78 is 0. The first-order valence-corrected chi connectivity index (χ1v) is 9.38. The normalized spacial score (nSPS) is 14.7. The lowest BCUT2D eigenvalue weighted by Crippen LogP contribution is -2.03. The summed E-state index contributed by atoms with van der Waals surface area (Å²) in [5, 5.41) is 11.5. The zero-order chi connectivity index (χ0) is 19.8. The number of hydrogen-bond donors (Lipinski definition) is 2. The van der Waals surface area contributed by atoms with Gasteiger partial charge in [-0.25, -0.2) is 0 Å². The zero-order valence-electron chi connectivity index (χ0n) is 15.8. The molecule has 0 spiro atoms. The number of amides is 1. The molecule has 2 N–H and O–H groups in total. The third-order valence-corrected chi connectivity index (χ3v) is 5.00. The smallest absolute Gasteiger partial charge is 0.256 e. The number of anilines is 1. The Hall–Kier alpha value is -3.99. The SMILES string of the molecule is Cc1ccc2c(c1)C(=Cc1ccc3c(/C=C/c4cccnc4)n[nH]c3c1)C(=O)N2. The number of H-pyrrole nitrogens is 1. The Balaban J connectivity index is 1.49. The molecule has 1 aliphatic heterocycles. The lowest BCUT2D eigenvalue weighted by Gasteiger charge is -2.01. The Kier molecular flexibility index (Phi) is 4.06. The van der Waals surface area contributed by atoms with Crippen LogP contribution in [0, 0.1) is 6.92 Å². The molecule has 5 nitrogen and oxygen atoms in total. The number of aromatic nitrogens is 3. The molecule has 29 heavy (non-hydrogen) atoms. The minimum atomic E-state index is -0.0737. The minimum Gasteiger partial charge on any atom is -0.321 e. The van der Waals surface area contributed by atoms with Gasteiger partial charge in [0.05, 0.1) is 11.2 Å². The number of nitrogens with zero attached hydrogens (tertiary/aromatic N) is 2. The van der Waals surface area contributed by atoms with E-state index in [0.717, 1.165) is 44.5 Å². The third kappa shape index (κ3) is 3.23. The Bertz CT molecular complexity index is 1300. The van der Waals surface area contributed by atoms with Crippen LogP contribution < -0.4 is 5.32 Å². The maximum Gasteiger partial charge on any atom is 0.256 e. The fourth-order valence-corrected chi connectivity index (χ4v) is 3.54. The van der Waals surface area contributed by atoms with Gasteiger partial charge in [0.15, 0.2) is 0 Å². The van der Waals surface area contributed by atoms with Crippen LogP contribution in [0.25, 0.3) is 34.7 Å². The number of hydrogen-bond acceptors (Lipinski definition) is 3. The molecule has 0 unspecified atom stereocenters. The Morgan fingerprint density at radius 2 is 1.93 bits per heavy atom. The highest BCUT2D eigenvalue weighted by molar-refractivity contribution is 6.35. The molecule has 0 aliphatic carbocycles. The number of benzene rings is 2. The van der Waals surface area contributed by atoms with Crippen molar-refractivity contribution < 1.29 is 4.79 Å². The highest BCUT2D eigenvalue weighted by Crippen LogP contribution is 2.34. The van der Waals surface area contributed by atoms with E-state index in [4.69, 9.17) is 0 Å². The van der Waals surface area contributed by atoms with E-state index >= 15 is 0 Å². The van der Waals surface area contributed by atoms with Gasteiger partial charge in [-0.1, -0.05) is 29.8 Å². The summed E-state index contributed by atoms with van der Waals surface area (Å²) in [6.07, 6.45) is 9.44. The molecule has 4 aromatic rings. The van der Waals surface area contributed by atoms with Crippen molar-refractivity contribution in [2.75, 3.05) is 5.32 Å². The number of carbonyl (C=O) groups is 1. The van der Waals surface area contributed by atoms with E-state index in [1.165, 1.54) is 0 Å². The molecular weight excluding hydrogens is 360 g/mol. The molecule has 1 aliphatic rings. The molecule has 0 radical (unpaired) electrons. The van der Waals surface area contributed by atoms with Crippen LogP contribution in [-0.2, 0) is 4.79 Å². The minimum absolute atomic E-state index is 0.0737. The monoisotopic (exact) mass is 378 g/mol. The second kappa shape index (κ2) is 6.87. The Morgan fingerprint density at radius 3 is 2.79 bits per heavy atom. The van der Waals surface area contributed by atoms with Crippen molar-refractivity contribution in [1.82, 2.24) is 15.2 Å². The van der Waals surface area contributed by atoms with Gasteiger partial charge < -0.3 is 5.32 Å². The largest absolute Gasteiger partial charge is 0.321 e. The standard InChI is InChI=1S/C24H18N4O/c1-15-4-8-21-19(11-15)20(24(29)26-21)12-17-5-7-18-22(27-28-23(18)13-17)9-6-16-3-2-10-25-14-16/h2-14H,1H3,(H,26,29)(H,27,28)/b9-6+,20-12?. The number of nitrogens with one attached hydrogen (secondary N) is 2. The van der Waals surface area contributed by atoms with E-state index < -0.39 is 0 Å². The Morgan fingerprint density at radius 1 is 1.00 bits per heavy atom. The lowest BCUT2D eigenvalue weighted by atomic mass is 10.0. The molecule has 5 rings (SSSR count). The van der Waals surface area contributed by atoms with Gasteiger partial charge in [-0.2, -0.15) is 5.10 Å². The average Bonchev–Trinajstić information content (AvgIpc) is 3.28. The number of aromatic amines is 1. The summed E-state index contributed by atoms with van der Waals surface area (Å²) in [6.45, 7) is 2.03. The summed E-state index contributed by atoms with van der Waals surface area (Å²) in [6, 6.07) is 15.9. The third-order valence-electron chi connectivity index (χ3n) is 5.00. The van der Waals surface area contributed by atoms with Gasteiger partial charge in [-0.05, 0) is 60.5 Å². The van der Waals surface area contributed by atoms with Crippen LogP contribution in [-0.4, -0.2) is 21.1 Å². The predicted molar refractivity (Wildman–Crippen MR) is 117 cm³/mol. The maximum absolute atomic E-state index is 12.4. The number of fused-ring (bicyclic) bond motifs is 2. The van der Waals surface area contributed by atoms with E-state index in [0.29, 0.717) is 5.57 Å². The fraction of sp³-hybridized carbons (Fsp3) is 0.0417. The van der Waals surface area contributed by atoms with Crippen molar-refractivity contribution >= 4 is 46.3 Å². The summed E-state index contributed by atoms with van der Waals surface area (Å²) >= 11 is 0. The second-order valence-corrected chi connectivity index (χ2v) is 7.09.